The van der Waals surface area contributed by atoms with Crippen molar-refractivity contribution in [2.45, 2.75) is 19.9 Å². The molecule has 3 N–H and O–H groups in total. The summed E-state index contributed by atoms with van der Waals surface area (Å²) in [6.45, 7) is 6.69. The van der Waals surface area contributed by atoms with Crippen molar-refractivity contribution in [1.29, 1.82) is 0 Å². The molecule has 18 heavy (non-hydrogen) atoms. The molecule has 0 aliphatic heterocycles. The Labute approximate surface area is 109 Å². The second kappa shape index (κ2) is 8.02. The van der Waals surface area contributed by atoms with E-state index in [1.165, 1.54) is 0 Å². The summed E-state index contributed by atoms with van der Waals surface area (Å²) in [5.41, 5.74) is 6.82. The first-order valence-electron chi connectivity index (χ1n) is 6.34. The fourth-order valence-corrected chi connectivity index (χ4v) is 1.63. The third-order valence-electron chi connectivity index (χ3n) is 2.74. The van der Waals surface area contributed by atoms with Gasteiger partial charge in [0.25, 0.3) is 0 Å². The van der Waals surface area contributed by atoms with Gasteiger partial charge in [-0.25, -0.2) is 4.98 Å². The number of anilines is 1. The predicted octanol–water partition coefficient (Wildman–Crippen LogP) is 0.937. The molecule has 0 amide bonds. The van der Waals surface area contributed by atoms with E-state index in [2.05, 4.69) is 16.8 Å². The molecule has 1 atom stereocenters. The van der Waals surface area contributed by atoms with Gasteiger partial charge in [-0.2, -0.15) is 0 Å². The highest BCUT2D eigenvalue weighted by atomic mass is 16.5. The summed E-state index contributed by atoms with van der Waals surface area (Å²) in [5.74, 6) is 0.925. The fraction of sp³-hybridized carbons (Fsp3) is 0.615. The Hall–Kier alpha value is -1.17. The van der Waals surface area contributed by atoms with Crippen LogP contribution in [0.1, 0.15) is 25.5 Å². The molecule has 1 aromatic rings. The normalized spacial score (nSPS) is 12.4. The zero-order valence-electron chi connectivity index (χ0n) is 11.2. The second-order valence-corrected chi connectivity index (χ2v) is 4.15. The Morgan fingerprint density at radius 1 is 1.44 bits per heavy atom. The average molecular weight is 253 g/mol. The number of hydrogen-bond donors (Lipinski definition) is 2. The molecule has 0 bridgehead atoms. The minimum Gasteiger partial charge on any atom is -0.394 e. The molecule has 5 heteroatoms. The van der Waals surface area contributed by atoms with E-state index in [1.807, 2.05) is 25.3 Å². The number of nitrogens with two attached hydrogens (primary N) is 1. The van der Waals surface area contributed by atoms with Gasteiger partial charge in [-0.1, -0.05) is 6.07 Å². The van der Waals surface area contributed by atoms with Crippen LogP contribution in [0.25, 0.3) is 0 Å². The molecule has 1 rings (SSSR count). The molecule has 0 radical (unpaired) electrons. The number of likely N-dealkylation sites (N-methyl/N-ethyl adjacent to an activating group) is 1. The summed E-state index contributed by atoms with van der Waals surface area (Å²) in [6.07, 6.45) is 1.82. The molecule has 0 aliphatic carbocycles. The Balaban J connectivity index is 2.53. The number of hydrogen-bond acceptors (Lipinski definition) is 5. The molecule has 0 saturated heterocycles. The molecular weight excluding hydrogens is 230 g/mol. The highest BCUT2D eigenvalue weighted by Crippen LogP contribution is 2.14. The maximum Gasteiger partial charge on any atom is 0.128 e. The van der Waals surface area contributed by atoms with Crippen LogP contribution in [0.4, 0.5) is 5.82 Å². The van der Waals surface area contributed by atoms with E-state index >= 15 is 0 Å². The molecule has 1 unspecified atom stereocenters. The van der Waals surface area contributed by atoms with Gasteiger partial charge in [0.2, 0.25) is 0 Å². The lowest BCUT2D eigenvalue weighted by molar-refractivity contribution is 0.0967. The van der Waals surface area contributed by atoms with Crippen molar-refractivity contribution in [2.75, 3.05) is 37.8 Å². The quantitative estimate of drug-likeness (QED) is 0.675. The minimum atomic E-state index is 0.00881. The van der Waals surface area contributed by atoms with Gasteiger partial charge < -0.3 is 20.5 Å². The summed E-state index contributed by atoms with van der Waals surface area (Å²) in [5, 5.41) is 8.63. The van der Waals surface area contributed by atoms with Crippen LogP contribution in [-0.4, -0.2) is 43.0 Å². The van der Waals surface area contributed by atoms with Crippen molar-refractivity contribution >= 4 is 5.82 Å². The smallest absolute Gasteiger partial charge is 0.128 e. The predicted molar refractivity (Wildman–Crippen MR) is 72.6 cm³/mol. The lowest BCUT2D eigenvalue weighted by Gasteiger charge is -2.22. The zero-order valence-corrected chi connectivity index (χ0v) is 11.2. The Bertz CT molecular complexity index is 328. The molecular formula is C13H23N3O2. The van der Waals surface area contributed by atoms with Crippen LogP contribution in [0.15, 0.2) is 18.3 Å². The van der Waals surface area contributed by atoms with Gasteiger partial charge >= 0.3 is 0 Å². The first kappa shape index (κ1) is 14.9. The van der Waals surface area contributed by atoms with Crippen LogP contribution in [0.5, 0.6) is 0 Å². The standard InChI is InChI=1S/C13H23N3O2/c1-3-16(6-8-18-9-7-17)13-5-4-12(10-15-13)11(2)14/h4-5,10-11,17H,3,6-9,14H2,1-2H3. The molecule has 0 spiro atoms. The molecule has 0 saturated carbocycles. The third-order valence-corrected chi connectivity index (χ3v) is 2.74. The van der Waals surface area contributed by atoms with E-state index in [0.29, 0.717) is 13.2 Å². The van der Waals surface area contributed by atoms with Crippen LogP contribution in [0, 0.1) is 0 Å². The van der Waals surface area contributed by atoms with Gasteiger partial charge in [0.05, 0.1) is 19.8 Å². The lowest BCUT2D eigenvalue weighted by atomic mass is 10.1. The first-order chi connectivity index (χ1) is 8.69. The van der Waals surface area contributed by atoms with Gasteiger partial charge in [0, 0.05) is 25.3 Å². The Morgan fingerprint density at radius 3 is 2.72 bits per heavy atom. The first-order valence-corrected chi connectivity index (χ1v) is 6.34. The van der Waals surface area contributed by atoms with Gasteiger partial charge in [0.1, 0.15) is 5.82 Å². The van der Waals surface area contributed by atoms with Crippen molar-refractivity contribution in [1.82, 2.24) is 4.98 Å². The molecule has 5 nitrogen and oxygen atoms in total. The summed E-state index contributed by atoms with van der Waals surface area (Å²) >= 11 is 0. The number of aliphatic hydroxyl groups is 1. The second-order valence-electron chi connectivity index (χ2n) is 4.15. The number of ether oxygens (including phenoxy) is 1. The largest absolute Gasteiger partial charge is 0.394 e. The van der Waals surface area contributed by atoms with Crippen molar-refractivity contribution in [3.05, 3.63) is 23.9 Å². The number of aliphatic hydroxyl groups excluding tert-OH is 1. The maximum absolute atomic E-state index is 8.63. The van der Waals surface area contributed by atoms with Crippen molar-refractivity contribution in [3.8, 4) is 0 Å². The molecule has 0 fully saturated rings. The Kier molecular flexibility index (Phi) is 6.64. The molecule has 1 heterocycles. The highest BCUT2D eigenvalue weighted by Gasteiger charge is 2.06. The monoisotopic (exact) mass is 253 g/mol. The summed E-state index contributed by atoms with van der Waals surface area (Å²) in [6, 6.07) is 3.99. The van der Waals surface area contributed by atoms with Crippen LogP contribution >= 0.6 is 0 Å². The Morgan fingerprint density at radius 2 is 2.22 bits per heavy atom. The summed E-state index contributed by atoms with van der Waals surface area (Å²) in [7, 11) is 0. The molecule has 1 aromatic heterocycles. The van der Waals surface area contributed by atoms with E-state index in [9.17, 15) is 0 Å². The maximum atomic E-state index is 8.63. The summed E-state index contributed by atoms with van der Waals surface area (Å²) < 4.78 is 5.26. The van der Waals surface area contributed by atoms with Crippen LogP contribution < -0.4 is 10.6 Å². The van der Waals surface area contributed by atoms with Crippen LogP contribution in [-0.2, 0) is 4.74 Å². The van der Waals surface area contributed by atoms with Gasteiger partial charge in [-0.3, -0.25) is 0 Å². The van der Waals surface area contributed by atoms with Gasteiger partial charge in [0.15, 0.2) is 0 Å². The summed E-state index contributed by atoms with van der Waals surface area (Å²) in [4.78, 5) is 6.54. The van der Waals surface area contributed by atoms with Crippen LogP contribution in [0.3, 0.4) is 0 Å². The van der Waals surface area contributed by atoms with E-state index in [4.69, 9.17) is 15.6 Å². The number of rotatable bonds is 8. The number of pyridine rings is 1. The van der Waals surface area contributed by atoms with Crippen LogP contribution in [0.2, 0.25) is 0 Å². The van der Waals surface area contributed by atoms with Gasteiger partial charge in [-0.15, -0.1) is 0 Å². The average Bonchev–Trinajstić information content (AvgIpc) is 2.39. The number of nitrogens with zero attached hydrogens (tertiary/aromatic N) is 2. The topological polar surface area (TPSA) is 71.6 Å². The molecule has 0 aliphatic rings. The van der Waals surface area contributed by atoms with E-state index in [1.54, 1.807) is 0 Å². The minimum absolute atomic E-state index is 0.00881. The molecule has 0 aromatic carbocycles. The number of aromatic nitrogens is 1. The third kappa shape index (κ3) is 4.60. The van der Waals surface area contributed by atoms with Crippen molar-refractivity contribution in [2.24, 2.45) is 5.73 Å². The highest BCUT2D eigenvalue weighted by molar-refractivity contribution is 5.39. The zero-order chi connectivity index (χ0) is 13.4. The van der Waals surface area contributed by atoms with E-state index in [0.717, 1.165) is 24.5 Å². The lowest BCUT2D eigenvalue weighted by Crippen LogP contribution is -2.28. The van der Waals surface area contributed by atoms with E-state index < -0.39 is 0 Å². The fourth-order valence-electron chi connectivity index (χ4n) is 1.63. The van der Waals surface area contributed by atoms with E-state index in [-0.39, 0.29) is 12.6 Å². The van der Waals surface area contributed by atoms with Crippen molar-refractivity contribution < 1.29 is 9.84 Å². The molecule has 102 valence electrons. The SMILES string of the molecule is CCN(CCOCCO)c1ccc(C(C)N)cn1. The van der Waals surface area contributed by atoms with Crippen molar-refractivity contribution in [3.63, 3.8) is 0 Å². The van der Waals surface area contributed by atoms with Gasteiger partial charge in [-0.05, 0) is 25.5 Å².